The largest absolute Gasteiger partial charge is 0.341 e. The molecule has 0 aliphatic carbocycles. The predicted molar refractivity (Wildman–Crippen MR) is 86.0 cm³/mol. The van der Waals surface area contributed by atoms with Crippen molar-refractivity contribution < 1.29 is 0 Å². The summed E-state index contributed by atoms with van der Waals surface area (Å²) in [4.78, 5) is 13.0. The van der Waals surface area contributed by atoms with Crippen LogP contribution in [0.3, 0.4) is 0 Å². The number of hydrogen-bond donors (Lipinski definition) is 1. The molecule has 0 unspecified atom stereocenters. The van der Waals surface area contributed by atoms with Crippen molar-refractivity contribution in [2.24, 2.45) is 0 Å². The Hall–Kier alpha value is -1.65. The molecule has 2 aromatic rings. The summed E-state index contributed by atoms with van der Waals surface area (Å²) >= 11 is 0. The van der Waals surface area contributed by atoms with Crippen molar-refractivity contribution >= 4 is 0 Å². The van der Waals surface area contributed by atoms with Crippen LogP contribution in [-0.2, 0) is 6.54 Å². The number of hydrogen-bond acceptors (Lipinski definition) is 3. The summed E-state index contributed by atoms with van der Waals surface area (Å²) in [5, 5.41) is 0. The van der Waals surface area contributed by atoms with E-state index in [1.165, 1.54) is 31.7 Å². The Balaban J connectivity index is 1.62. The Morgan fingerprint density at radius 2 is 1.81 bits per heavy atom. The molecule has 4 nitrogen and oxygen atoms in total. The van der Waals surface area contributed by atoms with Gasteiger partial charge in [-0.2, -0.15) is 0 Å². The molecule has 1 N–H and O–H groups in total. The topological polar surface area (TPSA) is 35.2 Å². The molecule has 21 heavy (non-hydrogen) atoms. The number of aromatic amines is 1. The van der Waals surface area contributed by atoms with E-state index in [4.69, 9.17) is 0 Å². The Bertz CT molecular complexity index is 549. The van der Waals surface area contributed by atoms with E-state index in [2.05, 4.69) is 38.8 Å². The van der Waals surface area contributed by atoms with Crippen LogP contribution < -0.4 is 0 Å². The van der Waals surface area contributed by atoms with Crippen LogP contribution in [0, 0.1) is 0 Å². The smallest absolute Gasteiger partial charge is 0.137 e. The Morgan fingerprint density at radius 1 is 1.05 bits per heavy atom. The molecule has 1 fully saturated rings. The molecule has 1 aliphatic heterocycles. The lowest BCUT2D eigenvalue weighted by Crippen LogP contribution is -2.30. The van der Waals surface area contributed by atoms with E-state index in [0.717, 1.165) is 31.0 Å². The van der Waals surface area contributed by atoms with Crippen molar-refractivity contribution in [3.63, 3.8) is 0 Å². The number of rotatable bonds is 4. The van der Waals surface area contributed by atoms with Crippen molar-refractivity contribution in [2.75, 3.05) is 32.7 Å². The van der Waals surface area contributed by atoms with E-state index in [1.54, 1.807) is 0 Å². The zero-order valence-corrected chi connectivity index (χ0v) is 12.8. The first kappa shape index (κ1) is 14.3. The van der Waals surface area contributed by atoms with Crippen molar-refractivity contribution in [1.29, 1.82) is 0 Å². The normalized spacial score (nSPS) is 17.8. The standard InChI is InChI=1S/C17H24N4/c1-2-20-9-6-10-21(12-11-20)14-16-13-18-17(19-16)15-7-4-3-5-8-15/h3-5,7-8,13H,2,6,9-12,14H2,1H3,(H,18,19). The van der Waals surface area contributed by atoms with Gasteiger partial charge in [-0.3, -0.25) is 4.90 Å². The van der Waals surface area contributed by atoms with Crippen LogP contribution in [0.4, 0.5) is 0 Å². The molecule has 0 spiro atoms. The quantitative estimate of drug-likeness (QED) is 0.937. The number of aromatic nitrogens is 2. The van der Waals surface area contributed by atoms with Crippen LogP contribution in [-0.4, -0.2) is 52.5 Å². The highest BCUT2D eigenvalue weighted by Gasteiger charge is 2.14. The molecule has 1 aliphatic rings. The average Bonchev–Trinajstić information content (AvgIpc) is 2.87. The number of nitrogens with one attached hydrogen (secondary N) is 1. The number of benzene rings is 1. The lowest BCUT2D eigenvalue weighted by molar-refractivity contribution is 0.255. The van der Waals surface area contributed by atoms with Crippen molar-refractivity contribution in [2.45, 2.75) is 19.9 Å². The average molecular weight is 284 g/mol. The van der Waals surface area contributed by atoms with Gasteiger partial charge in [0.25, 0.3) is 0 Å². The fourth-order valence-electron chi connectivity index (χ4n) is 2.92. The van der Waals surface area contributed by atoms with Gasteiger partial charge in [0, 0.05) is 37.1 Å². The van der Waals surface area contributed by atoms with Crippen LogP contribution in [0.2, 0.25) is 0 Å². The van der Waals surface area contributed by atoms with E-state index < -0.39 is 0 Å². The molecular formula is C17H24N4. The first-order valence-electron chi connectivity index (χ1n) is 7.89. The minimum atomic E-state index is 0.968. The highest BCUT2D eigenvalue weighted by molar-refractivity contribution is 5.54. The minimum Gasteiger partial charge on any atom is -0.341 e. The number of imidazole rings is 1. The molecular weight excluding hydrogens is 260 g/mol. The SMILES string of the molecule is CCN1CCCN(Cc2cnc(-c3ccccc3)[nH]2)CC1. The zero-order valence-electron chi connectivity index (χ0n) is 12.8. The third kappa shape index (κ3) is 3.71. The summed E-state index contributed by atoms with van der Waals surface area (Å²) in [5.41, 5.74) is 2.36. The highest BCUT2D eigenvalue weighted by atomic mass is 15.2. The van der Waals surface area contributed by atoms with Gasteiger partial charge in [-0.05, 0) is 26.1 Å². The summed E-state index contributed by atoms with van der Waals surface area (Å²) in [6, 6.07) is 10.3. The van der Waals surface area contributed by atoms with Crippen molar-refractivity contribution in [3.8, 4) is 11.4 Å². The molecule has 3 rings (SSSR count). The summed E-state index contributed by atoms with van der Waals surface area (Å²) in [5.74, 6) is 0.968. The summed E-state index contributed by atoms with van der Waals surface area (Å²) < 4.78 is 0. The fraction of sp³-hybridized carbons (Fsp3) is 0.471. The molecule has 0 amide bonds. The van der Waals surface area contributed by atoms with Crippen LogP contribution in [0.1, 0.15) is 19.0 Å². The second kappa shape index (κ2) is 6.87. The molecule has 1 saturated heterocycles. The van der Waals surface area contributed by atoms with Crippen LogP contribution in [0.25, 0.3) is 11.4 Å². The molecule has 2 heterocycles. The van der Waals surface area contributed by atoms with E-state index in [-0.39, 0.29) is 0 Å². The Morgan fingerprint density at radius 3 is 2.62 bits per heavy atom. The van der Waals surface area contributed by atoms with Gasteiger partial charge in [-0.1, -0.05) is 37.3 Å². The monoisotopic (exact) mass is 284 g/mol. The van der Waals surface area contributed by atoms with Crippen molar-refractivity contribution in [1.82, 2.24) is 19.8 Å². The maximum absolute atomic E-state index is 4.51. The molecule has 0 bridgehead atoms. The third-order valence-electron chi connectivity index (χ3n) is 4.20. The number of H-pyrrole nitrogens is 1. The van der Waals surface area contributed by atoms with E-state index in [1.807, 2.05) is 24.4 Å². The van der Waals surface area contributed by atoms with Gasteiger partial charge in [0.2, 0.25) is 0 Å². The zero-order chi connectivity index (χ0) is 14.5. The van der Waals surface area contributed by atoms with Gasteiger partial charge in [0.15, 0.2) is 0 Å². The van der Waals surface area contributed by atoms with Gasteiger partial charge in [0.1, 0.15) is 5.82 Å². The first-order valence-corrected chi connectivity index (χ1v) is 7.89. The van der Waals surface area contributed by atoms with Gasteiger partial charge < -0.3 is 9.88 Å². The van der Waals surface area contributed by atoms with Crippen LogP contribution >= 0.6 is 0 Å². The Labute approximate surface area is 126 Å². The maximum Gasteiger partial charge on any atom is 0.137 e. The Kier molecular flexibility index (Phi) is 4.68. The molecule has 0 saturated carbocycles. The van der Waals surface area contributed by atoms with Crippen molar-refractivity contribution in [3.05, 3.63) is 42.2 Å². The molecule has 112 valence electrons. The van der Waals surface area contributed by atoms with Gasteiger partial charge in [-0.25, -0.2) is 4.98 Å². The van der Waals surface area contributed by atoms with E-state index >= 15 is 0 Å². The first-order chi connectivity index (χ1) is 10.3. The second-order valence-electron chi connectivity index (χ2n) is 5.69. The van der Waals surface area contributed by atoms with Crippen LogP contribution in [0.15, 0.2) is 36.5 Å². The van der Waals surface area contributed by atoms with Gasteiger partial charge in [0.05, 0.1) is 0 Å². The summed E-state index contributed by atoms with van der Waals surface area (Å²) in [7, 11) is 0. The predicted octanol–water partition coefficient (Wildman–Crippen LogP) is 2.60. The molecule has 4 heteroatoms. The fourth-order valence-corrected chi connectivity index (χ4v) is 2.92. The lowest BCUT2D eigenvalue weighted by atomic mass is 10.2. The van der Waals surface area contributed by atoms with Gasteiger partial charge >= 0.3 is 0 Å². The second-order valence-corrected chi connectivity index (χ2v) is 5.69. The van der Waals surface area contributed by atoms with Crippen LogP contribution in [0.5, 0.6) is 0 Å². The molecule has 1 aromatic carbocycles. The van der Waals surface area contributed by atoms with Gasteiger partial charge in [-0.15, -0.1) is 0 Å². The number of nitrogens with zero attached hydrogens (tertiary/aromatic N) is 3. The lowest BCUT2D eigenvalue weighted by Gasteiger charge is -2.20. The summed E-state index contributed by atoms with van der Waals surface area (Å²) in [6.45, 7) is 9.11. The maximum atomic E-state index is 4.51. The number of likely N-dealkylation sites (N-methyl/N-ethyl adjacent to an activating group) is 1. The highest BCUT2D eigenvalue weighted by Crippen LogP contribution is 2.16. The van der Waals surface area contributed by atoms with E-state index in [0.29, 0.717) is 0 Å². The molecule has 0 atom stereocenters. The summed E-state index contributed by atoms with van der Waals surface area (Å²) in [6.07, 6.45) is 3.23. The minimum absolute atomic E-state index is 0.968. The van der Waals surface area contributed by atoms with E-state index in [9.17, 15) is 0 Å². The third-order valence-corrected chi connectivity index (χ3v) is 4.20. The molecule has 1 aromatic heterocycles. The molecule has 0 radical (unpaired) electrons.